The van der Waals surface area contributed by atoms with Gasteiger partial charge in [-0.05, 0) is 37.5 Å². The van der Waals surface area contributed by atoms with Crippen LogP contribution in [0.15, 0.2) is 36.5 Å². The maximum absolute atomic E-state index is 11.3. The molecule has 0 aliphatic heterocycles. The average Bonchev–Trinajstić information content (AvgIpc) is 2.33. The van der Waals surface area contributed by atoms with Crippen LogP contribution in [-0.4, -0.2) is 21.7 Å². The Morgan fingerprint density at radius 3 is 2.72 bits per heavy atom. The first-order chi connectivity index (χ1) is 8.71. The van der Waals surface area contributed by atoms with E-state index < -0.39 is 11.6 Å². The Bertz CT molecular complexity index is 600. The van der Waals surface area contributed by atoms with Gasteiger partial charge in [-0.1, -0.05) is 12.1 Å². The molecule has 0 bridgehead atoms. The van der Waals surface area contributed by atoms with Crippen LogP contribution in [0.2, 0.25) is 0 Å². The lowest BCUT2D eigenvalue weighted by molar-refractivity contribution is -0.163. The molecular weight excluding hydrogens is 230 g/mol. The average molecular weight is 243 g/mol. The minimum absolute atomic E-state index is 0.568. The van der Waals surface area contributed by atoms with Crippen molar-refractivity contribution in [2.45, 2.75) is 24.9 Å². The van der Waals surface area contributed by atoms with E-state index in [1.807, 2.05) is 24.3 Å². The summed E-state index contributed by atoms with van der Waals surface area (Å²) in [7, 11) is 0. The van der Waals surface area contributed by atoms with Crippen LogP contribution in [0.25, 0.3) is 10.9 Å². The molecular formula is C14H13NO3. The summed E-state index contributed by atoms with van der Waals surface area (Å²) in [5.41, 5.74) is -0.223. The molecule has 2 aromatic rings. The Morgan fingerprint density at radius 1 is 1.28 bits per heavy atom. The summed E-state index contributed by atoms with van der Waals surface area (Å²) in [6.45, 7) is 0. The smallest absolute Gasteiger partial charge is 0.348 e. The Balaban J connectivity index is 2.02. The summed E-state index contributed by atoms with van der Waals surface area (Å²) in [6, 6.07) is 9.30. The standard InChI is InChI=1S/C14H13NO3/c16-13(17)14(7-3-8-14)18-12-6-9-15-11-5-2-1-4-10(11)12/h1-2,4-6,9H,3,7-8H2,(H,16,17). The molecule has 1 heterocycles. The Kier molecular flexibility index (Phi) is 2.44. The second-order valence-corrected chi connectivity index (χ2v) is 4.58. The van der Waals surface area contributed by atoms with Crippen molar-refractivity contribution in [2.24, 2.45) is 0 Å². The first-order valence-corrected chi connectivity index (χ1v) is 5.97. The van der Waals surface area contributed by atoms with E-state index in [9.17, 15) is 9.90 Å². The predicted octanol–water partition coefficient (Wildman–Crippen LogP) is 2.62. The fraction of sp³-hybridized carbons (Fsp3) is 0.286. The lowest BCUT2D eigenvalue weighted by Crippen LogP contribution is -2.50. The minimum atomic E-state index is -1.04. The summed E-state index contributed by atoms with van der Waals surface area (Å²) in [5, 5.41) is 10.1. The molecule has 1 aromatic carbocycles. The molecule has 1 fully saturated rings. The molecule has 0 radical (unpaired) electrons. The second-order valence-electron chi connectivity index (χ2n) is 4.58. The van der Waals surface area contributed by atoms with Gasteiger partial charge in [0.05, 0.1) is 5.52 Å². The number of nitrogens with zero attached hydrogens (tertiary/aromatic N) is 1. The van der Waals surface area contributed by atoms with Crippen LogP contribution in [0.1, 0.15) is 19.3 Å². The lowest BCUT2D eigenvalue weighted by atomic mass is 9.80. The molecule has 1 N–H and O–H groups in total. The van der Waals surface area contributed by atoms with Crippen molar-refractivity contribution in [1.29, 1.82) is 0 Å². The van der Waals surface area contributed by atoms with Gasteiger partial charge < -0.3 is 9.84 Å². The highest BCUT2D eigenvalue weighted by Gasteiger charge is 2.47. The topological polar surface area (TPSA) is 59.4 Å². The summed E-state index contributed by atoms with van der Waals surface area (Å²) in [5.74, 6) is -0.280. The van der Waals surface area contributed by atoms with E-state index in [1.54, 1.807) is 12.3 Å². The molecule has 18 heavy (non-hydrogen) atoms. The summed E-state index contributed by atoms with van der Waals surface area (Å²) in [4.78, 5) is 15.5. The van der Waals surface area contributed by atoms with Crippen LogP contribution < -0.4 is 4.74 Å². The van der Waals surface area contributed by atoms with Crippen molar-refractivity contribution >= 4 is 16.9 Å². The first kappa shape index (κ1) is 11.0. The minimum Gasteiger partial charge on any atom is -0.478 e. The normalized spacial score (nSPS) is 17.1. The number of hydrogen-bond donors (Lipinski definition) is 1. The van der Waals surface area contributed by atoms with Gasteiger partial charge in [0, 0.05) is 11.6 Å². The maximum Gasteiger partial charge on any atom is 0.348 e. The van der Waals surface area contributed by atoms with Crippen LogP contribution in [0.4, 0.5) is 0 Å². The van der Waals surface area contributed by atoms with Gasteiger partial charge in [0.25, 0.3) is 0 Å². The zero-order chi connectivity index (χ0) is 12.6. The number of rotatable bonds is 3. The second kappa shape index (κ2) is 3.98. The lowest BCUT2D eigenvalue weighted by Gasteiger charge is -2.37. The fourth-order valence-electron chi connectivity index (χ4n) is 2.23. The molecule has 92 valence electrons. The number of carboxylic acid groups (broad SMARTS) is 1. The molecule has 1 aliphatic carbocycles. The number of aromatic nitrogens is 1. The van der Waals surface area contributed by atoms with Gasteiger partial charge in [0.15, 0.2) is 0 Å². The molecule has 0 unspecified atom stereocenters. The summed E-state index contributed by atoms with van der Waals surface area (Å²) in [6.07, 6.45) is 3.68. The molecule has 1 aromatic heterocycles. The monoisotopic (exact) mass is 243 g/mol. The highest BCUT2D eigenvalue weighted by molar-refractivity contribution is 5.86. The quantitative estimate of drug-likeness (QED) is 0.900. The third kappa shape index (κ3) is 1.61. The van der Waals surface area contributed by atoms with E-state index in [4.69, 9.17) is 4.74 Å². The van der Waals surface area contributed by atoms with E-state index in [-0.39, 0.29) is 0 Å². The van der Waals surface area contributed by atoms with Crippen molar-refractivity contribution in [1.82, 2.24) is 4.98 Å². The number of carbonyl (C=O) groups is 1. The number of para-hydroxylation sites is 1. The number of ether oxygens (including phenoxy) is 1. The van der Waals surface area contributed by atoms with E-state index in [0.29, 0.717) is 18.6 Å². The van der Waals surface area contributed by atoms with E-state index >= 15 is 0 Å². The van der Waals surface area contributed by atoms with Crippen LogP contribution >= 0.6 is 0 Å². The van der Waals surface area contributed by atoms with E-state index in [0.717, 1.165) is 17.3 Å². The van der Waals surface area contributed by atoms with Crippen LogP contribution in [-0.2, 0) is 4.79 Å². The van der Waals surface area contributed by atoms with Crippen molar-refractivity contribution in [3.05, 3.63) is 36.5 Å². The van der Waals surface area contributed by atoms with Gasteiger partial charge in [0.1, 0.15) is 5.75 Å². The van der Waals surface area contributed by atoms with Gasteiger partial charge in [-0.2, -0.15) is 0 Å². The first-order valence-electron chi connectivity index (χ1n) is 5.97. The van der Waals surface area contributed by atoms with Gasteiger partial charge in [-0.25, -0.2) is 4.79 Å². The predicted molar refractivity (Wildman–Crippen MR) is 66.6 cm³/mol. The fourth-order valence-corrected chi connectivity index (χ4v) is 2.23. The molecule has 1 saturated carbocycles. The Labute approximate surface area is 104 Å². The molecule has 4 heteroatoms. The van der Waals surface area contributed by atoms with E-state index in [1.165, 1.54) is 0 Å². The molecule has 0 atom stereocenters. The van der Waals surface area contributed by atoms with Gasteiger partial charge in [-0.3, -0.25) is 4.98 Å². The zero-order valence-corrected chi connectivity index (χ0v) is 9.80. The van der Waals surface area contributed by atoms with Crippen molar-refractivity contribution < 1.29 is 14.6 Å². The van der Waals surface area contributed by atoms with Gasteiger partial charge in [0.2, 0.25) is 5.60 Å². The zero-order valence-electron chi connectivity index (χ0n) is 9.80. The number of aliphatic carboxylic acids is 1. The number of benzene rings is 1. The number of pyridine rings is 1. The van der Waals surface area contributed by atoms with Crippen molar-refractivity contribution in [3.8, 4) is 5.75 Å². The Morgan fingerprint density at radius 2 is 2.06 bits per heavy atom. The van der Waals surface area contributed by atoms with Crippen LogP contribution in [0.5, 0.6) is 5.75 Å². The van der Waals surface area contributed by atoms with Gasteiger partial charge >= 0.3 is 5.97 Å². The molecule has 0 amide bonds. The van der Waals surface area contributed by atoms with Crippen LogP contribution in [0, 0.1) is 0 Å². The highest BCUT2D eigenvalue weighted by atomic mass is 16.5. The summed E-state index contributed by atoms with van der Waals surface area (Å²) < 4.78 is 5.77. The third-order valence-electron chi connectivity index (χ3n) is 3.47. The van der Waals surface area contributed by atoms with Crippen molar-refractivity contribution in [2.75, 3.05) is 0 Å². The molecule has 1 aliphatic rings. The number of hydrogen-bond acceptors (Lipinski definition) is 3. The van der Waals surface area contributed by atoms with Crippen LogP contribution in [0.3, 0.4) is 0 Å². The maximum atomic E-state index is 11.3. The SMILES string of the molecule is O=C(O)C1(Oc2ccnc3ccccc23)CCC1. The van der Waals surface area contributed by atoms with Gasteiger partial charge in [-0.15, -0.1) is 0 Å². The molecule has 0 saturated heterocycles. The Hall–Kier alpha value is -2.10. The third-order valence-corrected chi connectivity index (χ3v) is 3.47. The number of carboxylic acids is 1. The highest BCUT2D eigenvalue weighted by Crippen LogP contribution is 2.38. The molecule has 4 nitrogen and oxygen atoms in total. The largest absolute Gasteiger partial charge is 0.478 e. The summed E-state index contributed by atoms with van der Waals surface area (Å²) >= 11 is 0. The molecule has 3 rings (SSSR count). The molecule has 0 spiro atoms. The number of fused-ring (bicyclic) bond motifs is 1. The van der Waals surface area contributed by atoms with Crippen molar-refractivity contribution in [3.63, 3.8) is 0 Å². The van der Waals surface area contributed by atoms with E-state index in [2.05, 4.69) is 4.98 Å².